The Balaban J connectivity index is 1.63. The van der Waals surface area contributed by atoms with Crippen LogP contribution in [0.25, 0.3) is 0 Å². The van der Waals surface area contributed by atoms with Crippen molar-refractivity contribution in [2.75, 3.05) is 0 Å². The molecule has 0 aromatic heterocycles. The molecule has 0 saturated heterocycles. The summed E-state index contributed by atoms with van der Waals surface area (Å²) in [5.41, 5.74) is 0. The molecule has 0 fully saturated rings. The van der Waals surface area contributed by atoms with Crippen molar-refractivity contribution in [3.8, 4) is 0 Å². The summed E-state index contributed by atoms with van der Waals surface area (Å²) in [4.78, 5) is 0. The predicted octanol–water partition coefficient (Wildman–Crippen LogP) is 8.72. The van der Waals surface area contributed by atoms with Gasteiger partial charge in [-0.15, -0.1) is 0 Å². The summed E-state index contributed by atoms with van der Waals surface area (Å²) in [5.74, 6) is 0. The van der Waals surface area contributed by atoms with Crippen LogP contribution in [0.5, 0.6) is 0 Å². The van der Waals surface area contributed by atoms with Gasteiger partial charge in [0.2, 0.25) is 0 Å². The highest BCUT2D eigenvalue weighted by Crippen LogP contribution is 2.18. The molecule has 0 N–H and O–H groups in total. The van der Waals surface area contributed by atoms with E-state index in [2.05, 4.69) is 13.0 Å². The molecule has 0 aromatic carbocycles. The van der Waals surface area contributed by atoms with Gasteiger partial charge in [0.1, 0.15) is 6.10 Å². The van der Waals surface area contributed by atoms with Gasteiger partial charge in [0, 0.05) is 6.42 Å². The van der Waals surface area contributed by atoms with E-state index >= 15 is 0 Å². The Morgan fingerprint density at radius 3 is 1.36 bits per heavy atom. The molecule has 0 spiro atoms. The van der Waals surface area contributed by atoms with E-state index in [1.165, 1.54) is 122 Å². The van der Waals surface area contributed by atoms with Crippen LogP contribution >= 0.6 is 0 Å². The zero-order valence-corrected chi connectivity index (χ0v) is 17.3. The summed E-state index contributed by atoms with van der Waals surface area (Å²) < 4.78 is 5.51. The highest BCUT2D eigenvalue weighted by atomic mass is 16.5. The van der Waals surface area contributed by atoms with Crippen LogP contribution in [-0.2, 0) is 4.74 Å². The monoisotopic (exact) mass is 350 g/mol. The first-order chi connectivity index (χ1) is 12.4. The van der Waals surface area contributed by atoms with Gasteiger partial charge in [-0.3, -0.25) is 0 Å². The van der Waals surface area contributed by atoms with E-state index in [0.29, 0.717) is 6.10 Å². The van der Waals surface area contributed by atoms with E-state index in [9.17, 15) is 0 Å². The fourth-order valence-electron chi connectivity index (χ4n) is 3.89. The number of unbranched alkanes of at least 4 members (excludes halogenated alkanes) is 17. The lowest BCUT2D eigenvalue weighted by Crippen LogP contribution is -2.03. The van der Waals surface area contributed by atoms with Crippen LogP contribution in [0.15, 0.2) is 12.3 Å². The minimum atomic E-state index is 0.501. The topological polar surface area (TPSA) is 9.23 Å². The summed E-state index contributed by atoms with van der Waals surface area (Å²) in [5, 5.41) is 0. The Kier molecular flexibility index (Phi) is 16.6. The lowest BCUT2D eigenvalue weighted by Gasteiger charge is -2.09. The summed E-state index contributed by atoms with van der Waals surface area (Å²) in [6.45, 7) is 2.30. The fraction of sp³-hybridized carbons (Fsp3) is 0.917. The molecule has 1 nitrogen and oxygen atoms in total. The lowest BCUT2D eigenvalue weighted by molar-refractivity contribution is 0.157. The van der Waals surface area contributed by atoms with Gasteiger partial charge in [-0.05, 0) is 18.9 Å². The normalized spacial score (nSPS) is 16.4. The van der Waals surface area contributed by atoms with Crippen molar-refractivity contribution < 1.29 is 4.74 Å². The van der Waals surface area contributed by atoms with Crippen molar-refractivity contribution >= 4 is 0 Å². The van der Waals surface area contributed by atoms with Crippen LogP contribution in [0.3, 0.4) is 0 Å². The Morgan fingerprint density at radius 2 is 1.00 bits per heavy atom. The number of hydrogen-bond donors (Lipinski definition) is 0. The molecule has 1 heteroatoms. The van der Waals surface area contributed by atoms with Gasteiger partial charge < -0.3 is 4.74 Å². The number of hydrogen-bond acceptors (Lipinski definition) is 1. The molecule has 0 bridgehead atoms. The van der Waals surface area contributed by atoms with E-state index < -0.39 is 0 Å². The van der Waals surface area contributed by atoms with Crippen molar-refractivity contribution in [3.05, 3.63) is 12.3 Å². The van der Waals surface area contributed by atoms with Gasteiger partial charge in [-0.2, -0.15) is 0 Å². The maximum atomic E-state index is 5.51. The Labute approximate surface area is 159 Å². The molecule has 1 aliphatic heterocycles. The molecule has 1 atom stereocenters. The second-order valence-corrected chi connectivity index (χ2v) is 8.16. The molecule has 148 valence electrons. The highest BCUT2D eigenvalue weighted by Gasteiger charge is 2.09. The second-order valence-electron chi connectivity index (χ2n) is 8.16. The smallest absolute Gasteiger partial charge is 0.101 e. The zero-order valence-electron chi connectivity index (χ0n) is 17.3. The van der Waals surface area contributed by atoms with Gasteiger partial charge in [0.15, 0.2) is 0 Å². The fourth-order valence-corrected chi connectivity index (χ4v) is 3.89. The summed E-state index contributed by atoms with van der Waals surface area (Å²) in [6.07, 6.45) is 33.0. The molecule has 0 radical (unpaired) electrons. The van der Waals surface area contributed by atoms with Crippen molar-refractivity contribution in [1.82, 2.24) is 0 Å². The molecular weight excluding hydrogens is 304 g/mol. The van der Waals surface area contributed by atoms with E-state index in [1.54, 1.807) is 0 Å². The molecule has 0 aliphatic carbocycles. The Morgan fingerprint density at radius 1 is 0.600 bits per heavy atom. The van der Waals surface area contributed by atoms with Gasteiger partial charge >= 0.3 is 0 Å². The van der Waals surface area contributed by atoms with E-state index in [0.717, 1.165) is 6.42 Å². The quantitative estimate of drug-likeness (QED) is 0.212. The maximum absolute atomic E-state index is 5.51. The standard InChI is InChI=1S/C24H46O/c1-2-3-4-5-6-7-8-9-10-11-12-13-14-15-16-17-18-19-21-24-22-20-23-25-24/h20,23-24H,2-19,21-22H2,1H3. The molecule has 0 saturated carbocycles. The second kappa shape index (κ2) is 18.3. The molecule has 1 unspecified atom stereocenters. The first-order valence-corrected chi connectivity index (χ1v) is 11.7. The van der Waals surface area contributed by atoms with Gasteiger partial charge in [-0.25, -0.2) is 0 Å². The minimum absolute atomic E-state index is 0.501. The Hall–Kier alpha value is -0.460. The number of ether oxygens (including phenoxy) is 1. The van der Waals surface area contributed by atoms with Crippen LogP contribution in [0, 0.1) is 0 Å². The summed E-state index contributed by atoms with van der Waals surface area (Å²) in [7, 11) is 0. The van der Waals surface area contributed by atoms with Crippen molar-refractivity contribution in [2.24, 2.45) is 0 Å². The third-order valence-corrected chi connectivity index (χ3v) is 5.65. The molecule has 1 aliphatic rings. The maximum Gasteiger partial charge on any atom is 0.101 e. The van der Waals surface area contributed by atoms with Crippen molar-refractivity contribution in [1.29, 1.82) is 0 Å². The van der Waals surface area contributed by atoms with E-state index in [1.807, 2.05) is 6.26 Å². The van der Waals surface area contributed by atoms with Gasteiger partial charge in [0.25, 0.3) is 0 Å². The Bertz CT molecular complexity index is 276. The summed E-state index contributed by atoms with van der Waals surface area (Å²) >= 11 is 0. The largest absolute Gasteiger partial charge is 0.498 e. The SMILES string of the molecule is CCCCCCCCCCCCCCCCCCCCC1CC=CO1. The molecule has 1 rings (SSSR count). The van der Waals surface area contributed by atoms with Crippen LogP contribution in [-0.4, -0.2) is 6.10 Å². The van der Waals surface area contributed by atoms with Crippen LogP contribution in [0.1, 0.15) is 135 Å². The molecule has 25 heavy (non-hydrogen) atoms. The molecule has 0 amide bonds. The molecule has 0 aromatic rings. The minimum Gasteiger partial charge on any atom is -0.498 e. The van der Waals surface area contributed by atoms with Crippen LogP contribution in [0.4, 0.5) is 0 Å². The third-order valence-electron chi connectivity index (χ3n) is 5.65. The average Bonchev–Trinajstić information content (AvgIpc) is 3.14. The zero-order chi connectivity index (χ0) is 17.8. The summed E-state index contributed by atoms with van der Waals surface area (Å²) in [6, 6.07) is 0. The first-order valence-electron chi connectivity index (χ1n) is 11.7. The van der Waals surface area contributed by atoms with Crippen molar-refractivity contribution in [3.63, 3.8) is 0 Å². The predicted molar refractivity (Wildman–Crippen MR) is 112 cm³/mol. The van der Waals surface area contributed by atoms with Gasteiger partial charge in [0.05, 0.1) is 6.26 Å². The third kappa shape index (κ3) is 15.5. The van der Waals surface area contributed by atoms with Crippen molar-refractivity contribution in [2.45, 2.75) is 141 Å². The number of rotatable bonds is 19. The molecule has 1 heterocycles. The average molecular weight is 351 g/mol. The van der Waals surface area contributed by atoms with E-state index in [4.69, 9.17) is 4.74 Å². The van der Waals surface area contributed by atoms with Crippen LogP contribution < -0.4 is 0 Å². The van der Waals surface area contributed by atoms with Gasteiger partial charge in [-0.1, -0.05) is 116 Å². The first kappa shape index (κ1) is 22.6. The van der Waals surface area contributed by atoms with E-state index in [-0.39, 0.29) is 0 Å². The molecular formula is C24H46O. The highest BCUT2D eigenvalue weighted by molar-refractivity contribution is 4.86. The van der Waals surface area contributed by atoms with Crippen LogP contribution in [0.2, 0.25) is 0 Å². The lowest BCUT2D eigenvalue weighted by atomic mass is 10.0.